The van der Waals surface area contributed by atoms with Gasteiger partial charge in [-0.05, 0) is 31.5 Å². The average Bonchev–Trinajstić information content (AvgIpc) is 2.67. The third-order valence-electron chi connectivity index (χ3n) is 4.32. The highest BCUT2D eigenvalue weighted by Crippen LogP contribution is 2.17. The van der Waals surface area contributed by atoms with Crippen LogP contribution < -0.4 is 14.9 Å². The second-order valence-corrected chi connectivity index (χ2v) is 8.26. The van der Waals surface area contributed by atoms with Gasteiger partial charge in [0, 0.05) is 37.9 Å². The van der Waals surface area contributed by atoms with Crippen LogP contribution in [-0.4, -0.2) is 57.8 Å². The second kappa shape index (κ2) is 8.80. The molecule has 152 valence electrons. The predicted octanol–water partition coefficient (Wildman–Crippen LogP) is 1.46. The summed E-state index contributed by atoms with van der Waals surface area (Å²) in [6, 6.07) is 5.60. The van der Waals surface area contributed by atoms with Gasteiger partial charge in [-0.2, -0.15) is 4.98 Å². The average molecular weight is 409 g/mol. The van der Waals surface area contributed by atoms with Crippen LogP contribution in [0.1, 0.15) is 11.3 Å². The summed E-state index contributed by atoms with van der Waals surface area (Å²) in [7, 11) is -3.79. The number of halogens is 1. The summed E-state index contributed by atoms with van der Waals surface area (Å²) < 4.78 is 46.0. The molecule has 8 nitrogen and oxygen atoms in total. The maximum Gasteiger partial charge on any atom is 0.240 e. The number of hydrogen-bond donors (Lipinski definition) is 2. The van der Waals surface area contributed by atoms with Crippen molar-refractivity contribution >= 4 is 21.8 Å². The van der Waals surface area contributed by atoms with Gasteiger partial charge in [-0.3, -0.25) is 0 Å². The zero-order chi connectivity index (χ0) is 20.1. The molecular formula is C18H24FN5O3S. The van der Waals surface area contributed by atoms with Crippen LogP contribution in [0.25, 0.3) is 0 Å². The molecule has 0 radical (unpaired) electrons. The van der Waals surface area contributed by atoms with Crippen LogP contribution in [-0.2, 0) is 14.8 Å². The Bertz CT molecular complexity index is 933. The van der Waals surface area contributed by atoms with Crippen molar-refractivity contribution in [3.05, 3.63) is 41.3 Å². The maximum atomic E-state index is 13.4. The first-order chi connectivity index (χ1) is 13.3. The van der Waals surface area contributed by atoms with E-state index in [1.807, 2.05) is 13.0 Å². The third-order valence-corrected chi connectivity index (χ3v) is 5.92. The van der Waals surface area contributed by atoms with E-state index in [0.29, 0.717) is 31.3 Å². The highest BCUT2D eigenvalue weighted by Gasteiger charge is 2.17. The van der Waals surface area contributed by atoms with E-state index in [-0.39, 0.29) is 11.4 Å². The number of sulfonamides is 1. The summed E-state index contributed by atoms with van der Waals surface area (Å²) in [4.78, 5) is 10.9. The van der Waals surface area contributed by atoms with Crippen molar-refractivity contribution in [2.75, 3.05) is 49.6 Å². The van der Waals surface area contributed by atoms with Gasteiger partial charge in [0.05, 0.1) is 18.1 Å². The van der Waals surface area contributed by atoms with Gasteiger partial charge >= 0.3 is 0 Å². The molecule has 0 bridgehead atoms. The quantitative estimate of drug-likeness (QED) is 0.669. The van der Waals surface area contributed by atoms with Gasteiger partial charge in [-0.1, -0.05) is 6.07 Å². The van der Waals surface area contributed by atoms with Gasteiger partial charge in [0.25, 0.3) is 0 Å². The molecule has 0 aliphatic carbocycles. The van der Waals surface area contributed by atoms with E-state index in [2.05, 4.69) is 24.9 Å². The van der Waals surface area contributed by atoms with E-state index in [1.54, 1.807) is 6.92 Å². The van der Waals surface area contributed by atoms with Crippen LogP contribution in [0, 0.1) is 19.7 Å². The van der Waals surface area contributed by atoms with Crippen LogP contribution in [0.5, 0.6) is 0 Å². The van der Waals surface area contributed by atoms with E-state index in [4.69, 9.17) is 4.74 Å². The van der Waals surface area contributed by atoms with Crippen molar-refractivity contribution < 1.29 is 17.5 Å². The summed E-state index contributed by atoms with van der Waals surface area (Å²) in [5.74, 6) is 0.657. The van der Waals surface area contributed by atoms with Gasteiger partial charge in [-0.15, -0.1) is 0 Å². The molecule has 1 aromatic carbocycles. The first-order valence-corrected chi connectivity index (χ1v) is 10.5. The first kappa shape index (κ1) is 20.4. The summed E-state index contributed by atoms with van der Waals surface area (Å²) in [6.45, 7) is 6.76. The monoisotopic (exact) mass is 409 g/mol. The predicted molar refractivity (Wildman–Crippen MR) is 105 cm³/mol. The molecule has 0 unspecified atom stereocenters. The summed E-state index contributed by atoms with van der Waals surface area (Å²) in [5.41, 5.74) is 1.30. The third kappa shape index (κ3) is 5.15. The number of rotatable bonds is 7. The van der Waals surface area contributed by atoms with Gasteiger partial charge in [-0.25, -0.2) is 22.5 Å². The van der Waals surface area contributed by atoms with E-state index >= 15 is 0 Å². The molecule has 1 fully saturated rings. The number of aromatic nitrogens is 2. The molecule has 0 spiro atoms. The summed E-state index contributed by atoms with van der Waals surface area (Å²) >= 11 is 0. The van der Waals surface area contributed by atoms with Crippen molar-refractivity contribution in [2.24, 2.45) is 0 Å². The Hall–Kier alpha value is -2.30. The van der Waals surface area contributed by atoms with Crippen molar-refractivity contribution in [1.29, 1.82) is 0 Å². The minimum Gasteiger partial charge on any atom is -0.378 e. The van der Waals surface area contributed by atoms with Gasteiger partial charge < -0.3 is 15.0 Å². The molecule has 0 atom stereocenters. The Kier molecular flexibility index (Phi) is 6.42. The molecule has 1 saturated heterocycles. The largest absolute Gasteiger partial charge is 0.378 e. The lowest BCUT2D eigenvalue weighted by atomic mass is 10.2. The molecule has 2 aromatic rings. The van der Waals surface area contributed by atoms with Gasteiger partial charge in [0.1, 0.15) is 11.6 Å². The van der Waals surface area contributed by atoms with Gasteiger partial charge in [0.2, 0.25) is 16.0 Å². The van der Waals surface area contributed by atoms with Crippen LogP contribution >= 0.6 is 0 Å². The lowest BCUT2D eigenvalue weighted by Crippen LogP contribution is -2.37. The number of anilines is 2. The molecule has 2 N–H and O–H groups in total. The minimum atomic E-state index is -3.79. The Morgan fingerprint density at radius 2 is 1.89 bits per heavy atom. The van der Waals surface area contributed by atoms with Crippen LogP contribution in [0.3, 0.4) is 0 Å². The number of hydrogen-bond acceptors (Lipinski definition) is 7. The number of morpholine rings is 1. The molecule has 1 aliphatic rings. The molecule has 2 heterocycles. The summed E-state index contributed by atoms with van der Waals surface area (Å²) in [5, 5.41) is 3.03. The Morgan fingerprint density at radius 3 is 2.64 bits per heavy atom. The number of benzene rings is 1. The Labute approximate surface area is 164 Å². The summed E-state index contributed by atoms with van der Waals surface area (Å²) in [6.07, 6.45) is 0. The lowest BCUT2D eigenvalue weighted by molar-refractivity contribution is 0.122. The lowest BCUT2D eigenvalue weighted by Gasteiger charge is -2.28. The zero-order valence-corrected chi connectivity index (χ0v) is 16.7. The minimum absolute atomic E-state index is 0.0612. The number of ether oxygens (including phenoxy) is 1. The number of nitrogens with zero attached hydrogens (tertiary/aromatic N) is 3. The Morgan fingerprint density at radius 1 is 1.14 bits per heavy atom. The van der Waals surface area contributed by atoms with E-state index in [1.165, 1.54) is 12.1 Å². The van der Waals surface area contributed by atoms with E-state index < -0.39 is 15.8 Å². The highest BCUT2D eigenvalue weighted by molar-refractivity contribution is 7.89. The highest BCUT2D eigenvalue weighted by atomic mass is 32.2. The molecule has 28 heavy (non-hydrogen) atoms. The number of aryl methyl sites for hydroxylation is 2. The van der Waals surface area contributed by atoms with Crippen LogP contribution in [0.15, 0.2) is 29.2 Å². The van der Waals surface area contributed by atoms with Crippen molar-refractivity contribution in [3.63, 3.8) is 0 Å². The van der Waals surface area contributed by atoms with E-state index in [0.717, 1.165) is 30.7 Å². The normalized spacial score (nSPS) is 14.9. The molecule has 0 saturated carbocycles. The van der Waals surface area contributed by atoms with Crippen LogP contribution in [0.4, 0.5) is 16.2 Å². The smallest absolute Gasteiger partial charge is 0.240 e. The fourth-order valence-electron chi connectivity index (χ4n) is 2.89. The topological polar surface area (TPSA) is 96.5 Å². The second-order valence-electron chi connectivity index (χ2n) is 6.52. The zero-order valence-electron chi connectivity index (χ0n) is 15.9. The first-order valence-electron chi connectivity index (χ1n) is 9.03. The van der Waals surface area contributed by atoms with E-state index in [9.17, 15) is 12.8 Å². The molecule has 0 amide bonds. The van der Waals surface area contributed by atoms with Crippen molar-refractivity contribution in [2.45, 2.75) is 18.7 Å². The molecular weight excluding hydrogens is 385 g/mol. The molecule has 3 rings (SSSR count). The molecule has 1 aromatic heterocycles. The Balaban J connectivity index is 1.59. The maximum absolute atomic E-state index is 13.4. The van der Waals surface area contributed by atoms with Crippen molar-refractivity contribution in [1.82, 2.24) is 14.7 Å². The van der Waals surface area contributed by atoms with Crippen molar-refractivity contribution in [3.8, 4) is 0 Å². The molecule has 1 aliphatic heterocycles. The standard InChI is InChI=1S/C18H24FN5O3S/c1-13-3-4-15(19)12-16(13)28(25,26)21-6-5-20-18-22-14(2)11-17(23-18)24-7-9-27-10-8-24/h3-4,11-12,21H,5-10H2,1-2H3,(H,20,22,23). The fraction of sp³-hybridized carbons (Fsp3) is 0.444. The molecule has 10 heteroatoms. The van der Waals surface area contributed by atoms with Crippen LogP contribution in [0.2, 0.25) is 0 Å². The SMILES string of the molecule is Cc1cc(N2CCOCC2)nc(NCCNS(=O)(=O)c2cc(F)ccc2C)n1. The fourth-order valence-corrected chi connectivity index (χ4v) is 4.17. The van der Waals surface area contributed by atoms with Gasteiger partial charge in [0.15, 0.2) is 0 Å². The number of nitrogens with one attached hydrogen (secondary N) is 2.